The van der Waals surface area contributed by atoms with Crippen molar-refractivity contribution in [2.75, 3.05) is 0 Å². The standard InChI is InChI=1S/C13H7ClINO/c14-12-6-9(8-16)4-5-13(12)17-11-3-1-2-10(15)7-11/h1-7H. The van der Waals surface area contributed by atoms with Crippen LogP contribution in [0.4, 0.5) is 0 Å². The molecule has 0 amide bonds. The van der Waals surface area contributed by atoms with Crippen LogP contribution in [-0.2, 0) is 0 Å². The van der Waals surface area contributed by atoms with Crippen LogP contribution in [0.25, 0.3) is 0 Å². The molecule has 17 heavy (non-hydrogen) atoms. The minimum Gasteiger partial charge on any atom is -0.456 e. The quantitative estimate of drug-likeness (QED) is 0.737. The minimum atomic E-state index is 0.433. The van der Waals surface area contributed by atoms with Crippen LogP contribution in [0.2, 0.25) is 5.02 Å². The van der Waals surface area contributed by atoms with E-state index in [1.54, 1.807) is 18.2 Å². The van der Waals surface area contributed by atoms with Crippen LogP contribution in [-0.4, -0.2) is 0 Å². The maximum absolute atomic E-state index is 8.73. The van der Waals surface area contributed by atoms with E-state index in [2.05, 4.69) is 22.6 Å². The van der Waals surface area contributed by atoms with E-state index in [4.69, 9.17) is 21.6 Å². The average molecular weight is 356 g/mol. The summed E-state index contributed by atoms with van der Waals surface area (Å²) in [5.74, 6) is 1.27. The first-order chi connectivity index (χ1) is 8.19. The van der Waals surface area contributed by atoms with Gasteiger partial charge in [-0.3, -0.25) is 0 Å². The Hall–Kier alpha value is -1.25. The van der Waals surface area contributed by atoms with Gasteiger partial charge in [0.25, 0.3) is 0 Å². The third-order valence-electron chi connectivity index (χ3n) is 2.08. The molecule has 2 nitrogen and oxygen atoms in total. The Balaban J connectivity index is 2.28. The fourth-order valence-corrected chi connectivity index (χ4v) is 2.04. The first-order valence-electron chi connectivity index (χ1n) is 4.82. The first kappa shape index (κ1) is 12.2. The third-order valence-corrected chi connectivity index (χ3v) is 3.05. The molecule has 0 N–H and O–H groups in total. The molecule has 0 spiro atoms. The van der Waals surface area contributed by atoms with E-state index in [0.29, 0.717) is 16.3 Å². The molecular weight excluding hydrogens is 349 g/mol. The molecule has 0 bridgehead atoms. The number of halogens is 2. The molecule has 2 aromatic carbocycles. The Morgan fingerprint density at radius 1 is 1.18 bits per heavy atom. The fraction of sp³-hybridized carbons (Fsp3) is 0. The zero-order valence-corrected chi connectivity index (χ0v) is 11.6. The summed E-state index contributed by atoms with van der Waals surface area (Å²) in [6.07, 6.45) is 0. The van der Waals surface area contributed by atoms with Crippen LogP contribution >= 0.6 is 34.2 Å². The molecule has 0 atom stereocenters. The summed E-state index contributed by atoms with van der Waals surface area (Å²) in [7, 11) is 0. The second-order valence-electron chi connectivity index (χ2n) is 3.32. The Morgan fingerprint density at radius 2 is 2.00 bits per heavy atom. The van der Waals surface area contributed by atoms with Gasteiger partial charge in [-0.25, -0.2) is 0 Å². The van der Waals surface area contributed by atoms with Crippen molar-refractivity contribution in [3.8, 4) is 17.6 Å². The lowest BCUT2D eigenvalue weighted by Crippen LogP contribution is -1.86. The zero-order valence-electron chi connectivity index (χ0n) is 8.65. The summed E-state index contributed by atoms with van der Waals surface area (Å²) >= 11 is 8.23. The zero-order chi connectivity index (χ0) is 12.3. The highest BCUT2D eigenvalue weighted by Gasteiger charge is 2.04. The topological polar surface area (TPSA) is 33.0 Å². The molecule has 2 rings (SSSR count). The SMILES string of the molecule is N#Cc1ccc(Oc2cccc(I)c2)c(Cl)c1. The van der Waals surface area contributed by atoms with E-state index < -0.39 is 0 Å². The van der Waals surface area contributed by atoms with Crippen LogP contribution in [0.1, 0.15) is 5.56 Å². The number of hydrogen-bond acceptors (Lipinski definition) is 2. The van der Waals surface area contributed by atoms with Crippen molar-refractivity contribution in [3.63, 3.8) is 0 Å². The Labute approximate surface area is 118 Å². The molecule has 0 aromatic heterocycles. The highest BCUT2D eigenvalue weighted by molar-refractivity contribution is 14.1. The minimum absolute atomic E-state index is 0.433. The van der Waals surface area contributed by atoms with Gasteiger partial charge in [0.2, 0.25) is 0 Å². The lowest BCUT2D eigenvalue weighted by Gasteiger charge is -2.07. The van der Waals surface area contributed by atoms with Crippen molar-refractivity contribution in [1.82, 2.24) is 0 Å². The van der Waals surface area contributed by atoms with Gasteiger partial charge in [-0.15, -0.1) is 0 Å². The lowest BCUT2D eigenvalue weighted by atomic mass is 10.2. The fourth-order valence-electron chi connectivity index (χ4n) is 1.31. The molecule has 0 radical (unpaired) electrons. The number of hydrogen-bond donors (Lipinski definition) is 0. The van der Waals surface area contributed by atoms with Crippen LogP contribution in [0.15, 0.2) is 42.5 Å². The highest BCUT2D eigenvalue weighted by Crippen LogP contribution is 2.30. The van der Waals surface area contributed by atoms with Crippen molar-refractivity contribution in [2.24, 2.45) is 0 Å². The molecule has 0 aliphatic heterocycles. The normalized spacial score (nSPS) is 9.71. The summed E-state index contributed by atoms with van der Waals surface area (Å²) in [6.45, 7) is 0. The van der Waals surface area contributed by atoms with Gasteiger partial charge in [-0.2, -0.15) is 5.26 Å². The molecule has 0 unspecified atom stereocenters. The molecule has 0 saturated carbocycles. The lowest BCUT2D eigenvalue weighted by molar-refractivity contribution is 0.482. The van der Waals surface area contributed by atoms with Gasteiger partial charge >= 0.3 is 0 Å². The maximum Gasteiger partial charge on any atom is 0.146 e. The van der Waals surface area contributed by atoms with Crippen LogP contribution in [0.5, 0.6) is 11.5 Å². The molecular formula is C13H7ClINO. The average Bonchev–Trinajstić information content (AvgIpc) is 2.32. The van der Waals surface area contributed by atoms with Crippen LogP contribution in [0.3, 0.4) is 0 Å². The van der Waals surface area contributed by atoms with E-state index in [9.17, 15) is 0 Å². The summed E-state index contributed by atoms with van der Waals surface area (Å²) in [6, 6.07) is 14.6. The number of rotatable bonds is 2. The van der Waals surface area contributed by atoms with Gasteiger partial charge in [-0.1, -0.05) is 17.7 Å². The predicted octanol–water partition coefficient (Wildman–Crippen LogP) is 4.61. The third kappa shape index (κ3) is 3.11. The van der Waals surface area contributed by atoms with E-state index in [1.165, 1.54) is 0 Å². The van der Waals surface area contributed by atoms with E-state index in [-0.39, 0.29) is 0 Å². The Kier molecular flexibility index (Phi) is 3.87. The molecule has 0 heterocycles. The molecule has 0 aliphatic rings. The molecule has 4 heteroatoms. The van der Waals surface area contributed by atoms with Crippen molar-refractivity contribution >= 4 is 34.2 Å². The second-order valence-corrected chi connectivity index (χ2v) is 4.97. The van der Waals surface area contributed by atoms with E-state index in [1.807, 2.05) is 30.3 Å². The Bertz CT molecular complexity index is 592. The van der Waals surface area contributed by atoms with Crippen molar-refractivity contribution in [3.05, 3.63) is 56.6 Å². The van der Waals surface area contributed by atoms with Gasteiger partial charge < -0.3 is 4.74 Å². The maximum atomic E-state index is 8.73. The summed E-state index contributed by atoms with van der Waals surface area (Å²) in [4.78, 5) is 0. The number of benzene rings is 2. The van der Waals surface area contributed by atoms with E-state index in [0.717, 1.165) is 9.32 Å². The second kappa shape index (κ2) is 5.39. The summed E-state index contributed by atoms with van der Waals surface area (Å²) in [5.41, 5.74) is 0.519. The number of nitriles is 1. The molecule has 0 fully saturated rings. The summed E-state index contributed by atoms with van der Waals surface area (Å²) in [5, 5.41) is 9.16. The first-order valence-corrected chi connectivity index (χ1v) is 6.28. The largest absolute Gasteiger partial charge is 0.456 e. The molecule has 0 saturated heterocycles. The van der Waals surface area contributed by atoms with Gasteiger partial charge in [-0.05, 0) is 59.0 Å². The van der Waals surface area contributed by atoms with Crippen LogP contribution in [0, 0.1) is 14.9 Å². The van der Waals surface area contributed by atoms with Gasteiger partial charge in [0, 0.05) is 3.57 Å². The predicted molar refractivity (Wildman–Crippen MR) is 75.4 cm³/mol. The molecule has 0 aliphatic carbocycles. The number of nitrogens with zero attached hydrogens (tertiary/aromatic N) is 1. The van der Waals surface area contributed by atoms with E-state index >= 15 is 0 Å². The monoisotopic (exact) mass is 355 g/mol. The smallest absolute Gasteiger partial charge is 0.146 e. The van der Waals surface area contributed by atoms with Crippen LogP contribution < -0.4 is 4.74 Å². The molecule has 2 aromatic rings. The number of ether oxygens (including phenoxy) is 1. The van der Waals surface area contributed by atoms with Crippen molar-refractivity contribution in [1.29, 1.82) is 5.26 Å². The van der Waals surface area contributed by atoms with Gasteiger partial charge in [0.15, 0.2) is 0 Å². The highest BCUT2D eigenvalue weighted by atomic mass is 127. The molecule has 84 valence electrons. The van der Waals surface area contributed by atoms with Crippen molar-refractivity contribution < 1.29 is 4.74 Å². The van der Waals surface area contributed by atoms with Crippen molar-refractivity contribution in [2.45, 2.75) is 0 Å². The van der Waals surface area contributed by atoms with Gasteiger partial charge in [0.05, 0.1) is 16.7 Å². The summed E-state index contributed by atoms with van der Waals surface area (Å²) < 4.78 is 6.73. The van der Waals surface area contributed by atoms with Gasteiger partial charge in [0.1, 0.15) is 11.5 Å². The Morgan fingerprint density at radius 3 is 2.65 bits per heavy atom.